The maximum absolute atomic E-state index is 14.2. The summed E-state index contributed by atoms with van der Waals surface area (Å²) in [6, 6.07) is 0.0108. The molecule has 2 atom stereocenters. The summed E-state index contributed by atoms with van der Waals surface area (Å²) in [7, 11) is 3.49. The Bertz CT molecular complexity index is 864. The van der Waals surface area contributed by atoms with E-state index in [9.17, 15) is 9.18 Å². The van der Waals surface area contributed by atoms with Gasteiger partial charge >= 0.3 is 6.03 Å². The van der Waals surface area contributed by atoms with Crippen molar-refractivity contribution >= 4 is 17.4 Å². The molecule has 3 aliphatic rings. The van der Waals surface area contributed by atoms with Gasteiger partial charge in [0, 0.05) is 51.1 Å². The largest absolute Gasteiger partial charge is 0.368 e. The molecule has 3 N–H and O–H groups in total. The van der Waals surface area contributed by atoms with Gasteiger partial charge in [-0.25, -0.2) is 19.2 Å². The molecule has 9 heteroatoms. The van der Waals surface area contributed by atoms with Crippen LogP contribution in [-0.2, 0) is 0 Å². The normalized spacial score (nSPS) is 22.8. The second-order valence-electron chi connectivity index (χ2n) is 7.35. The van der Waals surface area contributed by atoms with Crippen molar-refractivity contribution in [3.63, 3.8) is 0 Å². The van der Waals surface area contributed by atoms with E-state index in [1.54, 1.807) is 19.0 Å². The van der Waals surface area contributed by atoms with Gasteiger partial charge in [-0.15, -0.1) is 0 Å². The molecule has 4 rings (SSSR count). The number of halogens is 1. The summed E-state index contributed by atoms with van der Waals surface area (Å²) in [4.78, 5) is 24.0. The third kappa shape index (κ3) is 3.51. The number of rotatable bonds is 4. The van der Waals surface area contributed by atoms with Gasteiger partial charge in [-0.3, -0.25) is 0 Å². The Kier molecular flexibility index (Phi) is 4.89. The average Bonchev–Trinajstić information content (AvgIpc) is 3.34. The van der Waals surface area contributed by atoms with Crippen LogP contribution < -0.4 is 16.0 Å². The number of nitrogens with one attached hydrogen (secondary N) is 3. The van der Waals surface area contributed by atoms with Crippen molar-refractivity contribution in [2.45, 2.75) is 12.6 Å². The number of hydrogen-bond acceptors (Lipinski definition) is 6. The second kappa shape index (κ2) is 7.49. The fraction of sp³-hybridized carbons (Fsp3) is 0.421. The lowest BCUT2D eigenvalue weighted by molar-refractivity contribution is 0.180. The summed E-state index contributed by atoms with van der Waals surface area (Å²) in [5, 5.41) is 9.52. The molecule has 1 unspecified atom stereocenters. The Labute approximate surface area is 163 Å². The predicted octanol–water partition coefficient (Wildman–Crippen LogP) is 1.34. The van der Waals surface area contributed by atoms with Crippen LogP contribution in [0.15, 0.2) is 36.3 Å². The fourth-order valence-electron chi connectivity index (χ4n) is 3.63. The molecule has 28 heavy (non-hydrogen) atoms. The predicted molar refractivity (Wildman–Crippen MR) is 105 cm³/mol. The number of aromatic nitrogens is 2. The van der Waals surface area contributed by atoms with E-state index >= 15 is 0 Å². The highest BCUT2D eigenvalue weighted by Gasteiger charge is 2.28. The van der Waals surface area contributed by atoms with Crippen LogP contribution in [0.2, 0.25) is 0 Å². The van der Waals surface area contributed by atoms with Crippen LogP contribution in [0.3, 0.4) is 0 Å². The first-order chi connectivity index (χ1) is 13.5. The number of carbonyl (C=O) groups excluding carboxylic acids is 1. The van der Waals surface area contributed by atoms with Gasteiger partial charge in [0.15, 0.2) is 17.5 Å². The van der Waals surface area contributed by atoms with Crippen molar-refractivity contribution in [2.24, 2.45) is 5.92 Å². The lowest BCUT2D eigenvalue weighted by Crippen LogP contribution is -2.38. The Morgan fingerprint density at radius 3 is 3.11 bits per heavy atom. The van der Waals surface area contributed by atoms with E-state index in [4.69, 9.17) is 0 Å². The smallest absolute Gasteiger partial charge is 0.319 e. The molecule has 0 radical (unpaired) electrons. The maximum atomic E-state index is 14.2. The number of fused-ring (bicyclic) bond motifs is 1. The monoisotopic (exact) mass is 385 g/mol. The molecular formula is C19H24FN7O. The average molecular weight is 385 g/mol. The quantitative estimate of drug-likeness (QED) is 0.725. The Morgan fingerprint density at radius 2 is 2.29 bits per heavy atom. The zero-order chi connectivity index (χ0) is 19.7. The molecule has 1 fully saturated rings. The Morgan fingerprint density at radius 1 is 1.43 bits per heavy atom. The standard InChI is InChI=1S/C19H24FN7O/c1-26(2)19(28)27-7-5-12(11-27)8-22-18-15(20)10-24-17(25-18)14-9-23-16-13(14)4-3-6-21-16/h3-4,6,9-10,12,16,21,23H,5,7-8,11H2,1-2H3,(H,22,24,25)/t12-,16?/m1/s1. The molecule has 1 aromatic heterocycles. The number of dihydropyridines is 1. The first kappa shape index (κ1) is 18.3. The summed E-state index contributed by atoms with van der Waals surface area (Å²) >= 11 is 0. The second-order valence-corrected chi connectivity index (χ2v) is 7.35. The molecule has 0 aliphatic carbocycles. The molecule has 8 nitrogen and oxygen atoms in total. The molecule has 0 aromatic carbocycles. The van der Waals surface area contributed by atoms with Gasteiger partial charge in [-0.1, -0.05) is 6.08 Å². The fourth-order valence-corrected chi connectivity index (χ4v) is 3.63. The SMILES string of the molecule is CN(C)C(=O)N1CC[C@H](CNc2nc(C3=CNC4NC=CC=C34)ncc2F)C1. The molecule has 1 aromatic rings. The van der Waals surface area contributed by atoms with E-state index in [1.807, 2.05) is 29.5 Å². The van der Waals surface area contributed by atoms with Crippen molar-refractivity contribution in [1.29, 1.82) is 0 Å². The summed E-state index contributed by atoms with van der Waals surface area (Å²) in [6.45, 7) is 1.93. The minimum atomic E-state index is -0.485. The number of nitrogens with zero attached hydrogens (tertiary/aromatic N) is 4. The minimum absolute atomic E-state index is 0.0104. The van der Waals surface area contributed by atoms with Crippen LogP contribution in [0.4, 0.5) is 15.0 Å². The Balaban J connectivity index is 1.42. The van der Waals surface area contributed by atoms with Crippen molar-refractivity contribution in [3.05, 3.63) is 48.0 Å². The van der Waals surface area contributed by atoms with Gasteiger partial charge in [0.1, 0.15) is 6.17 Å². The number of carbonyl (C=O) groups is 1. The van der Waals surface area contributed by atoms with Crippen LogP contribution in [0.1, 0.15) is 12.2 Å². The molecule has 0 bridgehead atoms. The van der Waals surface area contributed by atoms with Crippen LogP contribution in [0.25, 0.3) is 5.57 Å². The number of amides is 2. The summed E-state index contributed by atoms with van der Waals surface area (Å²) in [6.07, 6.45) is 9.68. The highest BCUT2D eigenvalue weighted by molar-refractivity contribution is 5.80. The minimum Gasteiger partial charge on any atom is -0.368 e. The summed E-state index contributed by atoms with van der Waals surface area (Å²) < 4.78 is 14.2. The van der Waals surface area contributed by atoms with Crippen molar-refractivity contribution in [3.8, 4) is 0 Å². The Hall–Kier alpha value is -3.10. The lowest BCUT2D eigenvalue weighted by Gasteiger charge is -2.21. The van der Waals surface area contributed by atoms with Crippen LogP contribution in [0.5, 0.6) is 0 Å². The lowest BCUT2D eigenvalue weighted by atomic mass is 10.0. The van der Waals surface area contributed by atoms with E-state index in [0.29, 0.717) is 18.9 Å². The zero-order valence-electron chi connectivity index (χ0n) is 15.9. The van der Waals surface area contributed by atoms with E-state index in [-0.39, 0.29) is 23.9 Å². The van der Waals surface area contributed by atoms with Crippen molar-refractivity contribution in [2.75, 3.05) is 39.0 Å². The maximum Gasteiger partial charge on any atom is 0.319 e. The van der Waals surface area contributed by atoms with Gasteiger partial charge < -0.3 is 25.8 Å². The first-order valence-corrected chi connectivity index (χ1v) is 9.35. The van der Waals surface area contributed by atoms with E-state index in [2.05, 4.69) is 25.9 Å². The van der Waals surface area contributed by atoms with E-state index < -0.39 is 5.82 Å². The number of allylic oxidation sites excluding steroid dienone is 2. The number of anilines is 1. The van der Waals surface area contributed by atoms with Gasteiger partial charge in [0.05, 0.1) is 6.20 Å². The molecule has 0 saturated carbocycles. The number of urea groups is 1. The van der Waals surface area contributed by atoms with E-state index in [0.717, 1.165) is 24.1 Å². The van der Waals surface area contributed by atoms with Crippen LogP contribution >= 0.6 is 0 Å². The third-order valence-corrected chi connectivity index (χ3v) is 5.13. The third-order valence-electron chi connectivity index (χ3n) is 5.13. The van der Waals surface area contributed by atoms with Crippen LogP contribution in [0, 0.1) is 11.7 Å². The first-order valence-electron chi connectivity index (χ1n) is 9.35. The molecule has 1 saturated heterocycles. The van der Waals surface area contributed by atoms with Gasteiger partial charge in [0.25, 0.3) is 0 Å². The van der Waals surface area contributed by atoms with Crippen molar-refractivity contribution < 1.29 is 9.18 Å². The molecular weight excluding hydrogens is 361 g/mol. The summed E-state index contributed by atoms with van der Waals surface area (Å²) in [5.41, 5.74) is 1.86. The van der Waals surface area contributed by atoms with Crippen molar-refractivity contribution in [1.82, 2.24) is 30.4 Å². The van der Waals surface area contributed by atoms with Crippen LogP contribution in [-0.4, -0.2) is 65.7 Å². The van der Waals surface area contributed by atoms with Gasteiger partial charge in [-0.05, 0) is 24.6 Å². The number of hydrogen-bond donors (Lipinski definition) is 3. The molecule has 0 spiro atoms. The molecule has 148 valence electrons. The number of likely N-dealkylation sites (tertiary alicyclic amines) is 1. The van der Waals surface area contributed by atoms with Gasteiger partial charge in [0.2, 0.25) is 0 Å². The highest BCUT2D eigenvalue weighted by Crippen LogP contribution is 2.29. The van der Waals surface area contributed by atoms with Gasteiger partial charge in [-0.2, -0.15) is 0 Å². The van der Waals surface area contributed by atoms with E-state index in [1.165, 1.54) is 6.20 Å². The molecule has 2 amide bonds. The molecule has 3 aliphatic heterocycles. The highest BCUT2D eigenvalue weighted by atomic mass is 19.1. The topological polar surface area (TPSA) is 85.4 Å². The summed E-state index contributed by atoms with van der Waals surface area (Å²) in [5.74, 6) is 0.431. The molecule has 4 heterocycles. The zero-order valence-corrected chi connectivity index (χ0v) is 15.9.